The van der Waals surface area contributed by atoms with Gasteiger partial charge in [-0.25, -0.2) is 0 Å². The second-order valence-electron chi connectivity index (χ2n) is 20.5. The Morgan fingerprint density at radius 3 is 1.98 bits per heavy atom. The molecule has 0 amide bonds. The van der Waals surface area contributed by atoms with E-state index in [0.29, 0.717) is 19.3 Å². The summed E-state index contributed by atoms with van der Waals surface area (Å²) in [6.45, 7) is 12.2. The van der Waals surface area contributed by atoms with Gasteiger partial charge in [-0.05, 0) is 104 Å². The van der Waals surface area contributed by atoms with Crippen LogP contribution < -0.4 is 0 Å². The summed E-state index contributed by atoms with van der Waals surface area (Å²) in [4.78, 5) is 13.1. The summed E-state index contributed by atoms with van der Waals surface area (Å²) in [5, 5.41) is 95.7. The molecule has 2 saturated heterocycles. The lowest BCUT2D eigenvalue weighted by Gasteiger charge is -2.71. The highest BCUT2D eigenvalue weighted by atomic mass is 16.7. The number of aliphatic carboxylic acids is 1. The molecule has 0 unspecified atom stereocenters. The first kappa shape index (κ1) is 42.8. The summed E-state index contributed by atoms with van der Waals surface area (Å²) in [5.41, 5.74) is -0.535. The molecular weight excluding hydrogens is 728 g/mol. The van der Waals surface area contributed by atoms with Crippen LogP contribution in [0.25, 0.3) is 0 Å². The van der Waals surface area contributed by atoms with Crippen LogP contribution in [-0.2, 0) is 23.7 Å². The minimum atomic E-state index is -1.79. The Labute approximate surface area is 330 Å². The predicted octanol–water partition coefficient (Wildman–Crippen LogP) is 1.85. The number of ether oxygens (including phenoxy) is 4. The average Bonchev–Trinajstić information content (AvgIpc) is 3.15. The smallest absolute Gasteiger partial charge is 0.310 e. The van der Waals surface area contributed by atoms with Crippen LogP contribution in [0.2, 0.25) is 0 Å². The number of rotatable bonds is 8. The fraction of sp³-hybridized carbons (Fsp3) is 0.929. The van der Waals surface area contributed by atoms with Crippen LogP contribution in [0.15, 0.2) is 11.6 Å². The van der Waals surface area contributed by atoms with E-state index in [4.69, 9.17) is 18.9 Å². The van der Waals surface area contributed by atoms with Crippen LogP contribution >= 0.6 is 0 Å². The van der Waals surface area contributed by atoms with Gasteiger partial charge in [0.05, 0.1) is 31.3 Å². The molecule has 7 rings (SSSR count). The number of aliphatic hydroxyl groups excluding tert-OH is 8. The second-order valence-corrected chi connectivity index (χ2v) is 20.5. The van der Waals surface area contributed by atoms with Gasteiger partial charge < -0.3 is 64.9 Å². The van der Waals surface area contributed by atoms with E-state index in [9.17, 15) is 50.8 Å². The van der Waals surface area contributed by atoms with Gasteiger partial charge in [0, 0.05) is 5.41 Å². The maximum atomic E-state index is 13.1. The van der Waals surface area contributed by atoms with E-state index >= 15 is 0 Å². The van der Waals surface area contributed by atoms with Gasteiger partial charge in [0.1, 0.15) is 48.8 Å². The van der Waals surface area contributed by atoms with Gasteiger partial charge in [0.2, 0.25) is 0 Å². The van der Waals surface area contributed by atoms with Gasteiger partial charge in [0.25, 0.3) is 0 Å². The second kappa shape index (κ2) is 14.7. The minimum Gasteiger partial charge on any atom is -0.481 e. The van der Waals surface area contributed by atoms with Crippen LogP contribution in [0, 0.1) is 50.2 Å². The summed E-state index contributed by atoms with van der Waals surface area (Å²) in [7, 11) is 0. The van der Waals surface area contributed by atoms with Gasteiger partial charge in [0.15, 0.2) is 12.6 Å². The number of fused-ring (bicyclic) bond motifs is 7. The van der Waals surface area contributed by atoms with E-state index in [1.165, 1.54) is 5.57 Å². The summed E-state index contributed by atoms with van der Waals surface area (Å²) in [6.07, 6.45) is -5.91. The third-order valence-electron chi connectivity index (χ3n) is 17.4. The number of carboxylic acid groups (broad SMARTS) is 1. The van der Waals surface area contributed by atoms with Crippen LogP contribution in [0.1, 0.15) is 106 Å². The normalized spacial score (nSPS) is 54.1. The van der Waals surface area contributed by atoms with Crippen LogP contribution in [0.3, 0.4) is 0 Å². The van der Waals surface area contributed by atoms with Crippen molar-refractivity contribution in [1.82, 2.24) is 0 Å². The highest BCUT2D eigenvalue weighted by Crippen LogP contribution is 2.76. The van der Waals surface area contributed by atoms with Crippen LogP contribution in [0.5, 0.6) is 0 Å². The topological polar surface area (TPSA) is 236 Å². The summed E-state index contributed by atoms with van der Waals surface area (Å²) in [5.74, 6) is -0.356. The maximum Gasteiger partial charge on any atom is 0.310 e. The van der Waals surface area contributed by atoms with E-state index < -0.39 is 97.5 Å². The van der Waals surface area contributed by atoms with Crippen molar-refractivity contribution in [3.63, 3.8) is 0 Å². The maximum absolute atomic E-state index is 13.1. The third kappa shape index (κ3) is 6.21. The molecule has 5 aliphatic carbocycles. The Bertz CT molecular complexity index is 1500. The number of carboxylic acids is 1. The largest absolute Gasteiger partial charge is 0.481 e. The lowest BCUT2D eigenvalue weighted by molar-refractivity contribution is -0.370. The van der Waals surface area contributed by atoms with Crippen LogP contribution in [0.4, 0.5) is 0 Å². The molecule has 7 aliphatic rings. The lowest BCUT2D eigenvalue weighted by Crippen LogP contribution is -2.67. The fourth-order valence-corrected chi connectivity index (χ4v) is 13.7. The quantitative estimate of drug-likeness (QED) is 0.126. The molecule has 0 spiro atoms. The highest BCUT2D eigenvalue weighted by molar-refractivity contribution is 5.76. The molecule has 14 nitrogen and oxygen atoms in total. The summed E-state index contributed by atoms with van der Waals surface area (Å²) in [6, 6.07) is 0. The lowest BCUT2D eigenvalue weighted by atomic mass is 9.33. The number of hydrogen-bond donors (Lipinski definition) is 9. The molecule has 0 aromatic heterocycles. The monoisotopic (exact) mass is 796 g/mol. The molecule has 0 radical (unpaired) electrons. The Kier molecular flexibility index (Phi) is 11.3. The molecule has 2 aliphatic heterocycles. The van der Waals surface area contributed by atoms with E-state index in [0.717, 1.165) is 44.9 Å². The first-order chi connectivity index (χ1) is 26.2. The molecule has 6 fully saturated rings. The van der Waals surface area contributed by atoms with Gasteiger partial charge >= 0.3 is 5.97 Å². The zero-order valence-corrected chi connectivity index (χ0v) is 33.9. The van der Waals surface area contributed by atoms with Gasteiger partial charge in [-0.1, -0.05) is 53.2 Å². The molecule has 0 aromatic rings. The SMILES string of the molecule is CC1(C)CC[C@]2(C(=O)O)CC[C@]3(C)C(=CC[C@@H]4[C@@]5(C)CC[C@H](O[C@@H]6O[C@H](CO)[C@@H](O)[C@H](O[C@@H]7O[C@H](CO)[C@@H](O)[C@H](O)[C@H]7O)[C@H]6O)[C@@](C)(CO)[C@@H]5CC[C@]43C)[C@@H]2C1. The molecule has 14 heteroatoms. The van der Waals surface area contributed by atoms with E-state index in [1.54, 1.807) is 0 Å². The molecule has 320 valence electrons. The standard InChI is InChI=1S/C42H68O14/c1-37(2)13-15-42(36(51)52)16-14-40(5)21(22(42)17-37)7-8-26-38(3)11-10-27(39(4,20-45)25(38)9-12-41(26,40)6)55-35-32(50)33(29(47)24(19-44)54-35)56-34-31(49)30(48)28(46)23(18-43)53-34/h7,22-35,43-50H,8-20H2,1-6H3,(H,51,52)/t22-,23+,24+,25+,26+,27-,28+,29+,30-,31+,32+,33-,34-,35-,38-,39-,40+,41+,42-/m0/s1. The van der Waals surface area contributed by atoms with Gasteiger partial charge in [-0.15, -0.1) is 0 Å². The van der Waals surface area contributed by atoms with Crippen molar-refractivity contribution >= 4 is 5.97 Å². The minimum absolute atomic E-state index is 0.00865. The number of carbonyl (C=O) groups is 1. The van der Waals surface area contributed by atoms with Crippen molar-refractivity contribution < 1.29 is 69.7 Å². The first-order valence-electron chi connectivity index (χ1n) is 21.0. The molecule has 2 heterocycles. The van der Waals surface area contributed by atoms with Crippen molar-refractivity contribution in [1.29, 1.82) is 0 Å². The third-order valence-corrected chi connectivity index (χ3v) is 17.4. The molecular formula is C42H68O14. The van der Waals surface area contributed by atoms with Crippen molar-refractivity contribution in [2.75, 3.05) is 19.8 Å². The van der Waals surface area contributed by atoms with Crippen molar-refractivity contribution in [2.24, 2.45) is 50.2 Å². The molecule has 4 saturated carbocycles. The van der Waals surface area contributed by atoms with Crippen molar-refractivity contribution in [2.45, 2.75) is 173 Å². The van der Waals surface area contributed by atoms with Crippen molar-refractivity contribution in [3.8, 4) is 0 Å². The van der Waals surface area contributed by atoms with E-state index in [-0.39, 0.29) is 46.0 Å². The zero-order chi connectivity index (χ0) is 41.0. The predicted molar refractivity (Wildman–Crippen MR) is 199 cm³/mol. The van der Waals surface area contributed by atoms with Crippen LogP contribution in [-0.4, -0.2) is 139 Å². The van der Waals surface area contributed by atoms with Crippen molar-refractivity contribution in [3.05, 3.63) is 11.6 Å². The molecule has 0 aromatic carbocycles. The molecule has 0 bridgehead atoms. The van der Waals surface area contributed by atoms with E-state index in [2.05, 4.69) is 40.7 Å². The molecule has 56 heavy (non-hydrogen) atoms. The highest BCUT2D eigenvalue weighted by Gasteiger charge is 2.70. The van der Waals surface area contributed by atoms with Gasteiger partial charge in [-0.2, -0.15) is 0 Å². The average molecular weight is 797 g/mol. The molecule has 19 atom stereocenters. The first-order valence-corrected chi connectivity index (χ1v) is 21.0. The Balaban J connectivity index is 1.13. The summed E-state index contributed by atoms with van der Waals surface area (Å²) < 4.78 is 23.8. The number of hydrogen-bond acceptors (Lipinski definition) is 13. The van der Waals surface area contributed by atoms with E-state index in [1.807, 2.05) is 6.92 Å². The fourth-order valence-electron chi connectivity index (χ4n) is 13.7. The Morgan fingerprint density at radius 1 is 0.732 bits per heavy atom. The zero-order valence-electron chi connectivity index (χ0n) is 33.9. The Morgan fingerprint density at radius 2 is 1.36 bits per heavy atom. The number of aliphatic hydroxyl groups is 8. The Hall–Kier alpha value is -1.27. The van der Waals surface area contributed by atoms with Gasteiger partial charge in [-0.3, -0.25) is 4.79 Å². The summed E-state index contributed by atoms with van der Waals surface area (Å²) >= 11 is 0. The number of allylic oxidation sites excluding steroid dienone is 2. The molecule has 9 N–H and O–H groups in total.